The van der Waals surface area contributed by atoms with Crippen LogP contribution in [-0.2, 0) is 11.2 Å². The van der Waals surface area contributed by atoms with Gasteiger partial charge < -0.3 is 5.32 Å². The summed E-state index contributed by atoms with van der Waals surface area (Å²) in [5.41, 5.74) is 1.24. The molecule has 2 aliphatic rings. The van der Waals surface area contributed by atoms with Crippen LogP contribution in [0.1, 0.15) is 24.8 Å². The van der Waals surface area contributed by atoms with Crippen molar-refractivity contribution in [3.8, 4) is 0 Å². The second-order valence-corrected chi connectivity index (χ2v) is 6.66. The molecule has 102 valence electrons. The van der Waals surface area contributed by atoms with Crippen LogP contribution in [0, 0.1) is 11.3 Å². The highest BCUT2D eigenvalue weighted by Crippen LogP contribution is 2.59. The molecule has 1 N–H and O–H groups in total. The second kappa shape index (κ2) is 5.08. The maximum atomic E-state index is 12.4. The molecule has 1 spiro atoms. The minimum absolute atomic E-state index is 0.257. The first kappa shape index (κ1) is 13.4. The summed E-state index contributed by atoms with van der Waals surface area (Å²) in [6.45, 7) is 2.10. The van der Waals surface area contributed by atoms with Crippen molar-refractivity contribution in [2.24, 2.45) is 11.3 Å². The van der Waals surface area contributed by atoms with E-state index < -0.39 is 0 Å². The highest BCUT2D eigenvalue weighted by atomic mass is 35.5. The zero-order valence-electron chi connectivity index (χ0n) is 10.7. The molecule has 4 heteroatoms. The molecule has 0 aromatic heterocycles. The van der Waals surface area contributed by atoms with E-state index >= 15 is 0 Å². The zero-order valence-corrected chi connectivity index (χ0v) is 12.2. The number of rotatable bonds is 3. The molecule has 1 heterocycles. The Bertz CT molecular complexity index is 489. The average molecular weight is 298 g/mol. The van der Waals surface area contributed by atoms with Crippen LogP contribution in [0.3, 0.4) is 0 Å². The van der Waals surface area contributed by atoms with Crippen LogP contribution in [0.25, 0.3) is 0 Å². The van der Waals surface area contributed by atoms with Crippen LogP contribution in [0.4, 0.5) is 0 Å². The normalized spacial score (nSPS) is 24.4. The Balaban J connectivity index is 1.66. The van der Waals surface area contributed by atoms with Crippen molar-refractivity contribution in [2.45, 2.75) is 25.7 Å². The topological polar surface area (TPSA) is 29.1 Å². The number of piperidine rings is 1. The molecule has 1 aliphatic heterocycles. The Morgan fingerprint density at radius 2 is 1.84 bits per heavy atom. The molecule has 0 bridgehead atoms. The molecule has 2 fully saturated rings. The van der Waals surface area contributed by atoms with E-state index in [0.717, 1.165) is 37.9 Å². The number of ketones is 1. The van der Waals surface area contributed by atoms with Crippen LogP contribution in [0.5, 0.6) is 0 Å². The highest BCUT2D eigenvalue weighted by Gasteiger charge is 2.56. The predicted octanol–water partition coefficient (Wildman–Crippen LogP) is 3.49. The first-order chi connectivity index (χ1) is 9.09. The number of hydrogen-bond donors (Lipinski definition) is 1. The minimum Gasteiger partial charge on any atom is -0.317 e. The fourth-order valence-electron chi connectivity index (χ4n) is 3.32. The van der Waals surface area contributed by atoms with E-state index in [1.54, 1.807) is 6.07 Å². The smallest absolute Gasteiger partial charge is 0.140 e. The SMILES string of the molecule is O=C(Cc1cc(Cl)cc(Cl)c1)C1CC12CCNCC2. The van der Waals surface area contributed by atoms with Gasteiger partial charge in [0, 0.05) is 22.4 Å². The number of benzene rings is 1. The molecule has 0 radical (unpaired) electrons. The fraction of sp³-hybridized carbons (Fsp3) is 0.533. The van der Waals surface area contributed by atoms with Crippen LogP contribution >= 0.6 is 23.2 Å². The van der Waals surface area contributed by atoms with Crippen molar-refractivity contribution in [1.82, 2.24) is 5.32 Å². The van der Waals surface area contributed by atoms with Gasteiger partial charge in [0.1, 0.15) is 5.78 Å². The van der Waals surface area contributed by atoms with Crippen molar-refractivity contribution in [1.29, 1.82) is 0 Å². The molecule has 1 saturated carbocycles. The standard InChI is InChI=1S/C15H17Cl2NO/c16-11-5-10(6-12(17)8-11)7-14(19)13-9-15(13)1-3-18-4-2-15/h5-6,8,13,18H,1-4,7,9H2. The maximum absolute atomic E-state index is 12.4. The quantitative estimate of drug-likeness (QED) is 0.925. The Labute approximate surface area is 123 Å². The lowest BCUT2D eigenvalue weighted by molar-refractivity contribution is -0.120. The number of Topliss-reactive ketones (excluding diaryl/α,β-unsaturated/α-hetero) is 1. The number of carbonyl (C=O) groups excluding carboxylic acids is 1. The lowest BCUT2D eigenvalue weighted by Crippen LogP contribution is -2.30. The third kappa shape index (κ3) is 2.81. The summed E-state index contributed by atoms with van der Waals surface area (Å²) in [5.74, 6) is 0.604. The molecule has 2 nitrogen and oxygen atoms in total. The van der Waals surface area contributed by atoms with Crippen molar-refractivity contribution in [3.05, 3.63) is 33.8 Å². The van der Waals surface area contributed by atoms with Gasteiger partial charge >= 0.3 is 0 Å². The number of nitrogens with one attached hydrogen (secondary N) is 1. The van der Waals surface area contributed by atoms with Gasteiger partial charge in [0.2, 0.25) is 0 Å². The molecule has 1 saturated heterocycles. The summed E-state index contributed by atoms with van der Waals surface area (Å²) in [7, 11) is 0. The summed E-state index contributed by atoms with van der Waals surface area (Å²) in [6.07, 6.45) is 3.81. The van der Waals surface area contributed by atoms with Gasteiger partial charge in [-0.15, -0.1) is 0 Å². The summed E-state index contributed by atoms with van der Waals surface area (Å²) in [5, 5.41) is 4.56. The van der Waals surface area contributed by atoms with Crippen LogP contribution < -0.4 is 5.32 Å². The minimum atomic E-state index is 0.257. The Kier molecular flexibility index (Phi) is 3.59. The lowest BCUT2D eigenvalue weighted by atomic mass is 9.89. The molecule has 1 atom stereocenters. The largest absolute Gasteiger partial charge is 0.317 e. The van der Waals surface area contributed by atoms with E-state index in [2.05, 4.69) is 5.32 Å². The maximum Gasteiger partial charge on any atom is 0.140 e. The van der Waals surface area contributed by atoms with Crippen LogP contribution in [-0.4, -0.2) is 18.9 Å². The summed E-state index contributed by atoms with van der Waals surface area (Å²) in [6, 6.07) is 5.37. The number of hydrogen-bond acceptors (Lipinski definition) is 2. The monoisotopic (exact) mass is 297 g/mol. The van der Waals surface area contributed by atoms with Gasteiger partial charge in [-0.25, -0.2) is 0 Å². The molecule has 19 heavy (non-hydrogen) atoms. The molecular formula is C15H17Cl2NO. The Morgan fingerprint density at radius 1 is 1.21 bits per heavy atom. The number of carbonyl (C=O) groups is 1. The Morgan fingerprint density at radius 3 is 2.47 bits per heavy atom. The molecule has 3 rings (SSSR count). The van der Waals surface area contributed by atoms with E-state index in [9.17, 15) is 4.79 Å². The van der Waals surface area contributed by atoms with Gasteiger partial charge in [-0.05, 0) is 61.5 Å². The summed E-state index contributed by atoms with van der Waals surface area (Å²) in [4.78, 5) is 12.4. The average Bonchev–Trinajstić information content (AvgIpc) is 3.02. The first-order valence-electron chi connectivity index (χ1n) is 6.77. The van der Waals surface area contributed by atoms with Crippen LogP contribution in [0.15, 0.2) is 18.2 Å². The lowest BCUT2D eigenvalue weighted by Gasteiger charge is -2.23. The van der Waals surface area contributed by atoms with Crippen molar-refractivity contribution in [3.63, 3.8) is 0 Å². The van der Waals surface area contributed by atoms with E-state index in [-0.39, 0.29) is 5.92 Å². The Hall–Kier alpha value is -0.570. The third-order valence-corrected chi connectivity index (χ3v) is 4.91. The van der Waals surface area contributed by atoms with Crippen molar-refractivity contribution < 1.29 is 4.79 Å². The van der Waals surface area contributed by atoms with E-state index in [4.69, 9.17) is 23.2 Å². The van der Waals surface area contributed by atoms with Crippen LogP contribution in [0.2, 0.25) is 10.0 Å². The molecule has 1 unspecified atom stereocenters. The van der Waals surface area contributed by atoms with Gasteiger partial charge in [-0.3, -0.25) is 4.79 Å². The summed E-state index contributed by atoms with van der Waals surface area (Å²) >= 11 is 11.9. The third-order valence-electron chi connectivity index (χ3n) is 4.48. The van der Waals surface area contributed by atoms with E-state index in [1.807, 2.05) is 12.1 Å². The van der Waals surface area contributed by atoms with Crippen molar-refractivity contribution in [2.75, 3.05) is 13.1 Å². The predicted molar refractivity (Wildman–Crippen MR) is 77.8 cm³/mol. The van der Waals surface area contributed by atoms with Gasteiger partial charge in [0.25, 0.3) is 0 Å². The molecule has 1 aliphatic carbocycles. The highest BCUT2D eigenvalue weighted by molar-refractivity contribution is 6.34. The fourth-order valence-corrected chi connectivity index (χ4v) is 3.89. The molecule has 0 amide bonds. The van der Waals surface area contributed by atoms with Gasteiger partial charge in [-0.2, -0.15) is 0 Å². The first-order valence-corrected chi connectivity index (χ1v) is 7.53. The van der Waals surface area contributed by atoms with Gasteiger partial charge in [0.15, 0.2) is 0 Å². The van der Waals surface area contributed by atoms with E-state index in [1.165, 1.54) is 0 Å². The number of halogens is 2. The van der Waals surface area contributed by atoms with Gasteiger partial charge in [0.05, 0.1) is 0 Å². The van der Waals surface area contributed by atoms with E-state index in [0.29, 0.717) is 27.7 Å². The van der Waals surface area contributed by atoms with Crippen molar-refractivity contribution >= 4 is 29.0 Å². The molecular weight excluding hydrogens is 281 g/mol. The zero-order chi connectivity index (χ0) is 13.5. The van der Waals surface area contributed by atoms with Gasteiger partial charge in [-0.1, -0.05) is 23.2 Å². The summed E-state index contributed by atoms with van der Waals surface area (Å²) < 4.78 is 0. The second-order valence-electron chi connectivity index (χ2n) is 5.79. The molecule has 1 aromatic carbocycles. The molecule has 1 aromatic rings.